The molecule has 1 aromatic carbocycles. The van der Waals surface area contributed by atoms with E-state index in [2.05, 4.69) is 46.8 Å². The number of hydrogen-bond acceptors (Lipinski definition) is 5. The lowest BCUT2D eigenvalue weighted by molar-refractivity contribution is -0.116. The lowest BCUT2D eigenvalue weighted by Gasteiger charge is -2.22. The minimum absolute atomic E-state index is 0.0418. The summed E-state index contributed by atoms with van der Waals surface area (Å²) in [4.78, 5) is 19.0. The van der Waals surface area contributed by atoms with Gasteiger partial charge in [-0.2, -0.15) is 0 Å². The summed E-state index contributed by atoms with van der Waals surface area (Å²) >= 11 is 3.43. The van der Waals surface area contributed by atoms with E-state index < -0.39 is 0 Å². The van der Waals surface area contributed by atoms with Crippen molar-refractivity contribution in [1.82, 2.24) is 4.98 Å². The zero-order valence-corrected chi connectivity index (χ0v) is 13.9. The van der Waals surface area contributed by atoms with Crippen LogP contribution in [0.15, 0.2) is 24.3 Å². The molecule has 112 valence electrons. The van der Waals surface area contributed by atoms with E-state index in [1.165, 1.54) is 20.5 Å². The molecule has 0 spiro atoms. The second kappa shape index (κ2) is 5.07. The predicted octanol–water partition coefficient (Wildman–Crippen LogP) is 4.18. The van der Waals surface area contributed by atoms with E-state index in [1.807, 2.05) is 7.05 Å². The van der Waals surface area contributed by atoms with Gasteiger partial charge in [-0.05, 0) is 23.9 Å². The van der Waals surface area contributed by atoms with Crippen molar-refractivity contribution >= 4 is 49.6 Å². The maximum atomic E-state index is 12.1. The molecule has 6 heteroatoms. The Kier molecular flexibility index (Phi) is 3.16. The average Bonchev–Trinajstić information content (AvgIpc) is 3.06. The van der Waals surface area contributed by atoms with Crippen LogP contribution >= 0.6 is 22.7 Å². The molecule has 1 unspecified atom stereocenters. The first-order valence-corrected chi connectivity index (χ1v) is 8.77. The fourth-order valence-corrected chi connectivity index (χ4v) is 5.19. The molecular formula is C16H15N3OS2. The minimum Gasteiger partial charge on any atom is -0.365 e. The summed E-state index contributed by atoms with van der Waals surface area (Å²) in [6, 6.07) is 8.42. The Morgan fingerprint density at radius 3 is 2.95 bits per heavy atom. The lowest BCUT2D eigenvalue weighted by Crippen LogP contribution is -2.22. The van der Waals surface area contributed by atoms with Crippen molar-refractivity contribution in [3.8, 4) is 0 Å². The molecule has 2 N–H and O–H groups in total. The summed E-state index contributed by atoms with van der Waals surface area (Å²) < 4.78 is 1.28. The largest absolute Gasteiger partial charge is 0.365 e. The normalized spacial score (nSPS) is 17.4. The highest BCUT2D eigenvalue weighted by Gasteiger charge is 2.32. The average molecular weight is 329 g/mol. The highest BCUT2D eigenvalue weighted by Crippen LogP contribution is 2.47. The third-order valence-corrected chi connectivity index (χ3v) is 6.29. The van der Waals surface area contributed by atoms with E-state index in [0.29, 0.717) is 12.2 Å². The fourth-order valence-electron chi connectivity index (χ4n) is 3.08. The number of carbonyl (C=O) groups is 1. The number of amides is 1. The van der Waals surface area contributed by atoms with Crippen molar-refractivity contribution in [3.63, 3.8) is 0 Å². The van der Waals surface area contributed by atoms with Crippen LogP contribution in [0, 0.1) is 6.92 Å². The zero-order chi connectivity index (χ0) is 15.3. The zero-order valence-electron chi connectivity index (χ0n) is 12.3. The first-order chi connectivity index (χ1) is 10.7. The van der Waals surface area contributed by atoms with Crippen LogP contribution in [-0.4, -0.2) is 17.9 Å². The summed E-state index contributed by atoms with van der Waals surface area (Å²) in [6.07, 6.45) is 0.486. The molecule has 0 saturated carbocycles. The summed E-state index contributed by atoms with van der Waals surface area (Å²) in [7, 11) is 1.85. The Bertz CT molecular complexity index is 881. The summed E-state index contributed by atoms with van der Waals surface area (Å²) in [5, 5.41) is 8.07. The van der Waals surface area contributed by atoms with Crippen molar-refractivity contribution in [3.05, 3.63) is 39.6 Å². The van der Waals surface area contributed by atoms with Gasteiger partial charge in [0, 0.05) is 29.0 Å². The van der Waals surface area contributed by atoms with Gasteiger partial charge >= 0.3 is 0 Å². The monoisotopic (exact) mass is 329 g/mol. The van der Waals surface area contributed by atoms with Crippen LogP contribution in [0.2, 0.25) is 0 Å². The molecule has 0 bridgehead atoms. The molecule has 0 radical (unpaired) electrons. The first-order valence-electron chi connectivity index (χ1n) is 7.13. The number of thiophene rings is 1. The molecule has 0 fully saturated rings. The molecular weight excluding hydrogens is 314 g/mol. The van der Waals surface area contributed by atoms with Crippen molar-refractivity contribution in [1.29, 1.82) is 0 Å². The van der Waals surface area contributed by atoms with E-state index >= 15 is 0 Å². The van der Waals surface area contributed by atoms with Gasteiger partial charge in [0.2, 0.25) is 5.91 Å². The number of hydrogen-bond donors (Lipinski definition) is 2. The van der Waals surface area contributed by atoms with Crippen molar-refractivity contribution < 1.29 is 4.79 Å². The number of nitrogens with one attached hydrogen (secondary N) is 2. The molecule has 3 aromatic rings. The summed E-state index contributed by atoms with van der Waals surface area (Å²) in [5.74, 6) is 0.852. The predicted molar refractivity (Wildman–Crippen MR) is 93.3 cm³/mol. The second-order valence-corrected chi connectivity index (χ2v) is 7.64. The van der Waals surface area contributed by atoms with Gasteiger partial charge in [0.1, 0.15) is 5.82 Å². The summed E-state index contributed by atoms with van der Waals surface area (Å²) in [5.41, 5.74) is 1.28. The molecule has 1 aliphatic rings. The topological polar surface area (TPSA) is 54.0 Å². The lowest BCUT2D eigenvalue weighted by atomic mass is 9.89. The molecule has 4 rings (SSSR count). The van der Waals surface area contributed by atoms with Crippen molar-refractivity contribution in [2.24, 2.45) is 0 Å². The van der Waals surface area contributed by atoms with Crippen LogP contribution in [0.3, 0.4) is 0 Å². The SMILES string of the molecule is CNc1nc2c(s1)C(c1c(C)sc3ccccc13)CC(=O)N2. The second-order valence-electron chi connectivity index (χ2n) is 5.35. The minimum atomic E-state index is 0.0418. The van der Waals surface area contributed by atoms with Crippen LogP contribution in [0.5, 0.6) is 0 Å². The van der Waals surface area contributed by atoms with Gasteiger partial charge in [0.15, 0.2) is 5.13 Å². The smallest absolute Gasteiger partial charge is 0.226 e. The number of benzene rings is 1. The van der Waals surface area contributed by atoms with E-state index in [4.69, 9.17) is 0 Å². The standard InChI is InChI=1S/C16H15N3OS2/c1-8-13(9-5-3-4-6-11(9)21-8)10-7-12(20)18-15-14(10)22-16(17-2)19-15/h3-6,10H,7H2,1-2H3,(H,17,19)(H,18,20). The van der Waals surface area contributed by atoms with Crippen LogP contribution in [0.1, 0.15) is 27.7 Å². The Morgan fingerprint density at radius 2 is 2.14 bits per heavy atom. The highest BCUT2D eigenvalue weighted by molar-refractivity contribution is 7.19. The van der Waals surface area contributed by atoms with E-state index in [1.54, 1.807) is 22.7 Å². The summed E-state index contributed by atoms with van der Waals surface area (Å²) in [6.45, 7) is 2.15. The third-order valence-electron chi connectivity index (χ3n) is 4.00. The van der Waals surface area contributed by atoms with Crippen LogP contribution in [0.25, 0.3) is 10.1 Å². The number of carbonyl (C=O) groups excluding carboxylic acids is 1. The Hall–Kier alpha value is -1.92. The van der Waals surface area contributed by atoms with Gasteiger partial charge in [-0.25, -0.2) is 4.98 Å². The van der Waals surface area contributed by atoms with Gasteiger partial charge in [0.25, 0.3) is 0 Å². The molecule has 0 aliphatic carbocycles. The number of rotatable bonds is 2. The number of aromatic nitrogens is 1. The first kappa shape index (κ1) is 13.7. The van der Waals surface area contributed by atoms with Gasteiger partial charge < -0.3 is 10.6 Å². The van der Waals surface area contributed by atoms with Crippen molar-refractivity contribution in [2.75, 3.05) is 17.7 Å². The molecule has 2 aromatic heterocycles. The third kappa shape index (κ3) is 2.02. The molecule has 4 nitrogen and oxygen atoms in total. The Balaban J connectivity index is 1.93. The van der Waals surface area contributed by atoms with Gasteiger partial charge in [-0.1, -0.05) is 29.5 Å². The molecule has 1 amide bonds. The van der Waals surface area contributed by atoms with Gasteiger partial charge in [-0.3, -0.25) is 4.79 Å². The fraction of sp³-hybridized carbons (Fsp3) is 0.250. The van der Waals surface area contributed by atoms with Crippen LogP contribution in [-0.2, 0) is 4.79 Å². The molecule has 22 heavy (non-hydrogen) atoms. The molecule has 0 saturated heterocycles. The van der Waals surface area contributed by atoms with Crippen molar-refractivity contribution in [2.45, 2.75) is 19.3 Å². The number of aryl methyl sites for hydroxylation is 1. The van der Waals surface area contributed by atoms with E-state index in [9.17, 15) is 4.79 Å². The number of anilines is 2. The van der Waals surface area contributed by atoms with Crippen LogP contribution in [0.4, 0.5) is 10.9 Å². The maximum Gasteiger partial charge on any atom is 0.226 e. The van der Waals surface area contributed by atoms with Crippen LogP contribution < -0.4 is 10.6 Å². The van der Waals surface area contributed by atoms with Gasteiger partial charge in [0.05, 0.1) is 4.88 Å². The highest BCUT2D eigenvalue weighted by atomic mass is 32.1. The molecule has 1 aliphatic heterocycles. The Morgan fingerprint density at radius 1 is 1.32 bits per heavy atom. The molecule has 1 atom stereocenters. The maximum absolute atomic E-state index is 12.1. The van der Waals surface area contributed by atoms with Gasteiger partial charge in [-0.15, -0.1) is 11.3 Å². The Labute approximate surface area is 136 Å². The number of nitrogens with zero attached hydrogens (tertiary/aromatic N) is 1. The van der Waals surface area contributed by atoms with E-state index in [0.717, 1.165) is 10.0 Å². The number of thiazole rings is 1. The quantitative estimate of drug-likeness (QED) is 0.741. The van der Waals surface area contributed by atoms with E-state index in [-0.39, 0.29) is 11.8 Å². The molecule has 3 heterocycles. The number of fused-ring (bicyclic) bond motifs is 2.